The van der Waals surface area contributed by atoms with E-state index in [1.165, 1.54) is 13.1 Å². The van der Waals surface area contributed by atoms with E-state index in [1.54, 1.807) is 12.1 Å². The van der Waals surface area contributed by atoms with Gasteiger partial charge in [0.05, 0.1) is 21.7 Å². The average molecular weight is 380 g/mol. The summed E-state index contributed by atoms with van der Waals surface area (Å²) in [5.41, 5.74) is 0.798. The van der Waals surface area contributed by atoms with Crippen LogP contribution in [0.25, 0.3) is 0 Å². The zero-order valence-corrected chi connectivity index (χ0v) is 13.6. The van der Waals surface area contributed by atoms with Crippen LogP contribution in [0.3, 0.4) is 0 Å². The smallest absolute Gasteiger partial charge is 0.273 e. The Balaban J connectivity index is 2.11. The van der Waals surface area contributed by atoms with E-state index in [-0.39, 0.29) is 5.09 Å². The highest BCUT2D eigenvalue weighted by molar-refractivity contribution is 9.10. The Hall–Kier alpha value is -1.02. The Morgan fingerprint density at radius 3 is 2.75 bits per heavy atom. The molecule has 0 radical (unpaired) electrons. The van der Waals surface area contributed by atoms with Crippen LogP contribution in [0.15, 0.2) is 44.3 Å². The fraction of sp³-hybridized carbons (Fsp3) is 0.167. The maximum Gasteiger partial charge on any atom is 0.273 e. The molecule has 2 N–H and O–H groups in total. The Morgan fingerprint density at radius 2 is 2.05 bits per heavy atom. The van der Waals surface area contributed by atoms with E-state index in [1.807, 2.05) is 12.1 Å². The highest BCUT2D eigenvalue weighted by Crippen LogP contribution is 2.30. The van der Waals surface area contributed by atoms with Crippen LogP contribution in [0.1, 0.15) is 5.76 Å². The summed E-state index contributed by atoms with van der Waals surface area (Å²) < 4.78 is 31.3. The van der Waals surface area contributed by atoms with Gasteiger partial charge in [0.15, 0.2) is 0 Å². The number of halogens is 2. The molecule has 2 rings (SSSR count). The third-order valence-electron chi connectivity index (χ3n) is 2.58. The lowest BCUT2D eigenvalue weighted by Gasteiger charge is -2.07. The van der Waals surface area contributed by atoms with E-state index >= 15 is 0 Å². The summed E-state index contributed by atoms with van der Waals surface area (Å²) >= 11 is 9.35. The van der Waals surface area contributed by atoms with E-state index in [4.69, 9.17) is 16.0 Å². The highest BCUT2D eigenvalue weighted by atomic mass is 79.9. The first-order valence-electron chi connectivity index (χ1n) is 5.64. The molecular weight excluding hydrogens is 368 g/mol. The zero-order chi connectivity index (χ0) is 14.8. The van der Waals surface area contributed by atoms with Gasteiger partial charge in [-0.2, -0.15) is 0 Å². The first-order chi connectivity index (χ1) is 9.44. The average Bonchev–Trinajstić information content (AvgIpc) is 2.90. The molecule has 0 saturated heterocycles. The van der Waals surface area contributed by atoms with Crippen molar-refractivity contribution in [3.05, 3.63) is 45.6 Å². The van der Waals surface area contributed by atoms with Crippen LogP contribution < -0.4 is 10.0 Å². The number of hydrogen-bond donors (Lipinski definition) is 2. The third kappa shape index (κ3) is 3.35. The number of rotatable bonds is 5. The summed E-state index contributed by atoms with van der Waals surface area (Å²) in [5.74, 6) is 0.505. The standard InChI is InChI=1S/C12H12BrClN2O3S/c1-15-20(17,18)11-6-5-8(19-11)7-16-10-4-2-3-9(14)12(10)13/h2-6,15-16H,7H2,1H3. The Labute approximate surface area is 130 Å². The zero-order valence-electron chi connectivity index (χ0n) is 10.5. The molecule has 0 unspecified atom stereocenters. The predicted octanol–water partition coefficient (Wildman–Crippen LogP) is 3.22. The number of benzene rings is 1. The van der Waals surface area contributed by atoms with Crippen molar-refractivity contribution in [2.75, 3.05) is 12.4 Å². The monoisotopic (exact) mass is 378 g/mol. The third-order valence-corrected chi connectivity index (χ3v) is 5.26. The van der Waals surface area contributed by atoms with Crippen LogP contribution in [-0.2, 0) is 16.6 Å². The normalized spacial score (nSPS) is 11.6. The lowest BCUT2D eigenvalue weighted by molar-refractivity contribution is 0.417. The van der Waals surface area contributed by atoms with E-state index in [9.17, 15) is 8.42 Å². The lowest BCUT2D eigenvalue weighted by atomic mass is 10.3. The van der Waals surface area contributed by atoms with Crippen molar-refractivity contribution in [3.8, 4) is 0 Å². The Morgan fingerprint density at radius 1 is 1.30 bits per heavy atom. The number of anilines is 1. The van der Waals surface area contributed by atoms with Gasteiger partial charge in [0.25, 0.3) is 10.0 Å². The van der Waals surface area contributed by atoms with Crippen LogP contribution >= 0.6 is 27.5 Å². The molecule has 0 spiro atoms. The Bertz CT molecular complexity index is 715. The van der Waals surface area contributed by atoms with Gasteiger partial charge in [-0.3, -0.25) is 0 Å². The van der Waals surface area contributed by atoms with Gasteiger partial charge in [-0.25, -0.2) is 13.1 Å². The van der Waals surface area contributed by atoms with E-state index < -0.39 is 10.0 Å². The molecule has 108 valence electrons. The first kappa shape index (κ1) is 15.4. The van der Waals surface area contributed by atoms with Gasteiger partial charge < -0.3 is 9.73 Å². The van der Waals surface area contributed by atoms with Gasteiger partial charge in [-0.05, 0) is 47.2 Å². The summed E-state index contributed by atoms with van der Waals surface area (Å²) in [7, 11) is -2.22. The van der Waals surface area contributed by atoms with Gasteiger partial charge in [0.1, 0.15) is 5.76 Å². The summed E-state index contributed by atoms with van der Waals surface area (Å²) in [6.07, 6.45) is 0. The molecule has 5 nitrogen and oxygen atoms in total. The second kappa shape index (κ2) is 6.17. The summed E-state index contributed by atoms with van der Waals surface area (Å²) in [6.45, 7) is 0.345. The van der Waals surface area contributed by atoms with Crippen molar-refractivity contribution in [1.82, 2.24) is 4.72 Å². The quantitative estimate of drug-likeness (QED) is 0.837. The summed E-state index contributed by atoms with van der Waals surface area (Å²) in [4.78, 5) is 0. The van der Waals surface area contributed by atoms with E-state index in [0.717, 1.165) is 10.2 Å². The van der Waals surface area contributed by atoms with Gasteiger partial charge in [-0.15, -0.1) is 0 Å². The molecule has 0 aliphatic carbocycles. The minimum absolute atomic E-state index is 0.109. The molecule has 0 amide bonds. The van der Waals surface area contributed by atoms with Crippen LogP contribution in [0, 0.1) is 0 Å². The van der Waals surface area contributed by atoms with Crippen LogP contribution in [0.5, 0.6) is 0 Å². The van der Waals surface area contributed by atoms with Crippen molar-refractivity contribution in [3.63, 3.8) is 0 Å². The van der Waals surface area contributed by atoms with Crippen LogP contribution in [-0.4, -0.2) is 15.5 Å². The van der Waals surface area contributed by atoms with Crippen LogP contribution in [0.2, 0.25) is 5.02 Å². The highest BCUT2D eigenvalue weighted by Gasteiger charge is 2.16. The minimum Gasteiger partial charge on any atom is -0.446 e. The van der Waals surface area contributed by atoms with Crippen molar-refractivity contribution in [2.24, 2.45) is 0 Å². The molecule has 0 fully saturated rings. The van der Waals surface area contributed by atoms with E-state index in [0.29, 0.717) is 17.3 Å². The van der Waals surface area contributed by atoms with Gasteiger partial charge in [-0.1, -0.05) is 17.7 Å². The number of hydrogen-bond acceptors (Lipinski definition) is 4. The first-order valence-corrected chi connectivity index (χ1v) is 8.29. The fourth-order valence-corrected chi connectivity index (χ4v) is 2.77. The number of nitrogens with one attached hydrogen (secondary N) is 2. The van der Waals surface area contributed by atoms with Gasteiger partial charge >= 0.3 is 0 Å². The molecule has 2 aromatic rings. The minimum atomic E-state index is -3.55. The van der Waals surface area contributed by atoms with Gasteiger partial charge in [0.2, 0.25) is 5.09 Å². The SMILES string of the molecule is CNS(=O)(=O)c1ccc(CNc2cccc(Cl)c2Br)o1. The summed E-state index contributed by atoms with van der Waals surface area (Å²) in [6, 6.07) is 8.45. The molecule has 0 aliphatic heterocycles. The lowest BCUT2D eigenvalue weighted by Crippen LogP contribution is -2.17. The molecule has 1 aromatic heterocycles. The molecule has 1 aromatic carbocycles. The topological polar surface area (TPSA) is 71.3 Å². The molecule has 20 heavy (non-hydrogen) atoms. The molecule has 8 heteroatoms. The second-order valence-corrected chi connectivity index (χ2v) is 6.90. The molecule has 0 saturated carbocycles. The molecular formula is C12H12BrClN2O3S. The fourth-order valence-electron chi connectivity index (χ4n) is 1.52. The second-order valence-electron chi connectivity index (χ2n) is 3.88. The maximum atomic E-state index is 11.5. The van der Waals surface area contributed by atoms with Crippen molar-refractivity contribution in [2.45, 2.75) is 11.6 Å². The molecule has 0 aliphatic rings. The largest absolute Gasteiger partial charge is 0.446 e. The Kier molecular flexibility index (Phi) is 4.74. The molecule has 1 heterocycles. The van der Waals surface area contributed by atoms with Crippen molar-refractivity contribution >= 4 is 43.2 Å². The number of furan rings is 1. The molecule has 0 atom stereocenters. The molecule has 0 bridgehead atoms. The predicted molar refractivity (Wildman–Crippen MR) is 81.4 cm³/mol. The van der Waals surface area contributed by atoms with Crippen molar-refractivity contribution < 1.29 is 12.8 Å². The van der Waals surface area contributed by atoms with Crippen LogP contribution in [0.4, 0.5) is 5.69 Å². The summed E-state index contributed by atoms with van der Waals surface area (Å²) in [5, 5.41) is 3.59. The van der Waals surface area contributed by atoms with Crippen molar-refractivity contribution in [1.29, 1.82) is 0 Å². The van der Waals surface area contributed by atoms with Gasteiger partial charge in [0, 0.05) is 0 Å². The maximum absolute atomic E-state index is 11.5. The number of sulfonamides is 1. The van der Waals surface area contributed by atoms with E-state index in [2.05, 4.69) is 26.0 Å².